The molecule has 6 rings (SSSR count). The van der Waals surface area contributed by atoms with Crippen LogP contribution in [0.25, 0.3) is 17.2 Å². The van der Waals surface area contributed by atoms with Crippen LogP contribution in [-0.2, 0) is 17.9 Å². The van der Waals surface area contributed by atoms with Crippen LogP contribution in [0.4, 0.5) is 0 Å². The zero-order valence-electron chi connectivity index (χ0n) is 21.4. The molecule has 10 heteroatoms. The smallest absolute Gasteiger partial charge is 0.335 e. The molecule has 0 saturated carbocycles. The molecule has 0 aliphatic carbocycles. The highest BCUT2D eigenvalue weighted by molar-refractivity contribution is 6.30. The minimum absolute atomic E-state index is 0.0300. The van der Waals surface area contributed by atoms with Gasteiger partial charge in [-0.15, -0.1) is 0 Å². The first-order valence-corrected chi connectivity index (χ1v) is 13.2. The van der Waals surface area contributed by atoms with Crippen molar-refractivity contribution in [3.63, 3.8) is 0 Å². The van der Waals surface area contributed by atoms with Crippen molar-refractivity contribution in [2.45, 2.75) is 25.7 Å². The Morgan fingerprint density at radius 3 is 2.80 bits per heavy atom. The molecule has 0 atom stereocenters. The van der Waals surface area contributed by atoms with E-state index in [-0.39, 0.29) is 11.7 Å². The maximum atomic E-state index is 11.5. The SMILES string of the molecule is N#Cc1cc(Cl)ccc1OCc1cccc(OC2CN(Cc3nc4ccc(C(=O)O)cc4n3/C=C3/CCO3)C2)c1. The summed E-state index contributed by atoms with van der Waals surface area (Å²) in [4.78, 5) is 18.5. The molecule has 0 bridgehead atoms. The van der Waals surface area contributed by atoms with Crippen molar-refractivity contribution >= 4 is 34.8 Å². The number of nitriles is 1. The van der Waals surface area contributed by atoms with Crippen LogP contribution >= 0.6 is 11.6 Å². The number of aromatic carboxylic acids is 1. The summed E-state index contributed by atoms with van der Waals surface area (Å²) in [7, 11) is 0. The molecule has 2 aliphatic rings. The second-order valence-corrected chi connectivity index (χ2v) is 10.2. The van der Waals surface area contributed by atoms with Crippen molar-refractivity contribution in [3.05, 3.63) is 94.0 Å². The van der Waals surface area contributed by atoms with Crippen molar-refractivity contribution in [1.82, 2.24) is 14.5 Å². The molecule has 0 spiro atoms. The Bertz CT molecular complexity index is 1660. The average Bonchev–Trinajstić information content (AvgIpc) is 3.24. The summed E-state index contributed by atoms with van der Waals surface area (Å²) in [5, 5.41) is 19.2. The monoisotopic (exact) mass is 556 g/mol. The van der Waals surface area contributed by atoms with Crippen molar-refractivity contribution in [2.24, 2.45) is 0 Å². The van der Waals surface area contributed by atoms with Crippen LogP contribution < -0.4 is 9.47 Å². The summed E-state index contributed by atoms with van der Waals surface area (Å²) >= 11 is 5.97. The van der Waals surface area contributed by atoms with Gasteiger partial charge in [0.15, 0.2) is 0 Å². The molecule has 2 fully saturated rings. The molecule has 40 heavy (non-hydrogen) atoms. The van der Waals surface area contributed by atoms with Gasteiger partial charge < -0.3 is 19.3 Å². The molecular weight excluding hydrogens is 532 g/mol. The molecule has 1 N–H and O–H groups in total. The van der Waals surface area contributed by atoms with E-state index in [0.717, 1.165) is 53.4 Å². The lowest BCUT2D eigenvalue weighted by Crippen LogP contribution is -2.53. The van der Waals surface area contributed by atoms with Gasteiger partial charge in [-0.05, 0) is 54.1 Å². The third kappa shape index (κ3) is 5.45. The van der Waals surface area contributed by atoms with Crippen LogP contribution in [0.3, 0.4) is 0 Å². The van der Waals surface area contributed by atoms with Gasteiger partial charge in [0, 0.05) is 30.7 Å². The Kier molecular flexibility index (Phi) is 7.03. The number of benzene rings is 3. The summed E-state index contributed by atoms with van der Waals surface area (Å²) in [6.45, 7) is 3.04. The van der Waals surface area contributed by atoms with E-state index in [1.807, 2.05) is 35.0 Å². The van der Waals surface area contributed by atoms with Gasteiger partial charge in [0.1, 0.15) is 41.9 Å². The summed E-state index contributed by atoms with van der Waals surface area (Å²) in [6, 6.07) is 19.8. The largest absolute Gasteiger partial charge is 0.496 e. The standard InChI is InChI=1S/C30H25ClN4O5/c31-22-5-7-28(21(11-22)13-32)39-18-19-2-1-3-23(10-19)40-25-14-34(15-25)17-29-33-26-6-4-20(30(36)37)12-27(26)35(29)16-24-8-9-38-24/h1-7,10-12,16,25H,8-9,14-15,17-18H2,(H,36,37)/b24-16-. The summed E-state index contributed by atoms with van der Waals surface area (Å²) < 4.78 is 19.5. The quantitative estimate of drug-likeness (QED) is 0.295. The van der Waals surface area contributed by atoms with Crippen LogP contribution in [0.1, 0.15) is 33.7 Å². The molecule has 0 unspecified atom stereocenters. The first-order valence-electron chi connectivity index (χ1n) is 12.8. The van der Waals surface area contributed by atoms with Gasteiger partial charge in [0.2, 0.25) is 0 Å². The first-order chi connectivity index (χ1) is 19.4. The van der Waals surface area contributed by atoms with Crippen LogP contribution in [0.15, 0.2) is 66.4 Å². The maximum absolute atomic E-state index is 11.5. The number of carbonyl (C=O) groups is 1. The van der Waals surface area contributed by atoms with Gasteiger partial charge in [-0.1, -0.05) is 23.7 Å². The fourth-order valence-electron chi connectivity index (χ4n) is 4.70. The number of imidazole rings is 1. The number of nitrogens with zero attached hydrogens (tertiary/aromatic N) is 4. The van der Waals surface area contributed by atoms with Crippen molar-refractivity contribution in [1.29, 1.82) is 5.26 Å². The molecule has 0 amide bonds. The predicted octanol–water partition coefficient (Wildman–Crippen LogP) is 5.32. The number of ether oxygens (including phenoxy) is 3. The van der Waals surface area contributed by atoms with Crippen molar-refractivity contribution in [2.75, 3.05) is 19.7 Å². The lowest BCUT2D eigenvalue weighted by atomic mass is 10.1. The number of aromatic nitrogens is 2. The van der Waals surface area contributed by atoms with Gasteiger partial charge >= 0.3 is 5.97 Å². The number of carboxylic acid groups (broad SMARTS) is 1. The van der Waals surface area contributed by atoms with Gasteiger partial charge in [-0.3, -0.25) is 9.47 Å². The Hall–Kier alpha value is -4.52. The van der Waals surface area contributed by atoms with E-state index >= 15 is 0 Å². The van der Waals surface area contributed by atoms with Gasteiger partial charge in [0.25, 0.3) is 0 Å². The highest BCUT2D eigenvalue weighted by Crippen LogP contribution is 2.27. The second-order valence-electron chi connectivity index (χ2n) is 9.72. The van der Waals surface area contributed by atoms with E-state index in [4.69, 9.17) is 30.8 Å². The van der Waals surface area contributed by atoms with Crippen molar-refractivity contribution < 1.29 is 24.1 Å². The fraction of sp³-hybridized carbons (Fsp3) is 0.233. The fourth-order valence-corrected chi connectivity index (χ4v) is 4.87. The number of hydrogen-bond acceptors (Lipinski definition) is 7. The number of likely N-dealkylation sites (tertiary alicyclic amines) is 1. The van der Waals surface area contributed by atoms with E-state index in [0.29, 0.717) is 36.1 Å². The van der Waals surface area contributed by atoms with Crippen LogP contribution in [0.2, 0.25) is 5.02 Å². The van der Waals surface area contributed by atoms with Crippen LogP contribution in [0.5, 0.6) is 11.5 Å². The molecule has 4 aromatic rings. The number of fused-ring (bicyclic) bond motifs is 1. The van der Waals surface area contributed by atoms with E-state index < -0.39 is 5.97 Å². The molecule has 3 heterocycles. The van der Waals surface area contributed by atoms with Crippen LogP contribution in [-0.4, -0.2) is 51.3 Å². The molecular formula is C30H25ClN4O5. The lowest BCUT2D eigenvalue weighted by Gasteiger charge is -2.38. The normalized spacial score (nSPS) is 16.1. The summed E-state index contributed by atoms with van der Waals surface area (Å²) in [5.41, 5.74) is 3.02. The van der Waals surface area contributed by atoms with Crippen LogP contribution in [0, 0.1) is 11.3 Å². The lowest BCUT2D eigenvalue weighted by molar-refractivity contribution is 0.0128. The van der Waals surface area contributed by atoms with Crippen molar-refractivity contribution in [3.8, 4) is 17.6 Å². The molecule has 9 nitrogen and oxygen atoms in total. The first kappa shape index (κ1) is 25.7. The summed E-state index contributed by atoms with van der Waals surface area (Å²) in [6.07, 6.45) is 2.79. The number of rotatable bonds is 9. The summed E-state index contributed by atoms with van der Waals surface area (Å²) in [5.74, 6) is 1.94. The molecule has 0 radical (unpaired) electrons. The van der Waals surface area contributed by atoms with E-state index in [1.165, 1.54) is 0 Å². The molecule has 1 aromatic heterocycles. The van der Waals surface area contributed by atoms with Gasteiger partial charge in [0.05, 0.1) is 35.3 Å². The maximum Gasteiger partial charge on any atom is 0.335 e. The Morgan fingerprint density at radius 1 is 1.20 bits per heavy atom. The number of carboxylic acids is 1. The third-order valence-electron chi connectivity index (χ3n) is 6.86. The van der Waals surface area contributed by atoms with Gasteiger partial charge in [-0.25, -0.2) is 9.78 Å². The highest BCUT2D eigenvalue weighted by atomic mass is 35.5. The minimum Gasteiger partial charge on any atom is -0.496 e. The zero-order valence-corrected chi connectivity index (χ0v) is 22.2. The Balaban J connectivity index is 1.09. The molecule has 2 saturated heterocycles. The van der Waals surface area contributed by atoms with E-state index in [1.54, 1.807) is 36.4 Å². The Labute approximate surface area is 235 Å². The Morgan fingerprint density at radius 2 is 2.05 bits per heavy atom. The van der Waals surface area contributed by atoms with Gasteiger partial charge in [-0.2, -0.15) is 5.26 Å². The molecule has 3 aromatic carbocycles. The number of halogens is 1. The predicted molar refractivity (Wildman–Crippen MR) is 148 cm³/mol. The third-order valence-corrected chi connectivity index (χ3v) is 7.10. The molecule has 2 aliphatic heterocycles. The second kappa shape index (κ2) is 10.9. The topological polar surface area (TPSA) is 110 Å². The average molecular weight is 557 g/mol. The van der Waals surface area contributed by atoms with E-state index in [9.17, 15) is 15.2 Å². The zero-order chi connectivity index (χ0) is 27.6. The minimum atomic E-state index is -0.973. The highest BCUT2D eigenvalue weighted by Gasteiger charge is 2.30. The molecule has 202 valence electrons. The van der Waals surface area contributed by atoms with E-state index in [2.05, 4.69) is 11.0 Å². The number of hydrogen-bond donors (Lipinski definition) is 1.